The van der Waals surface area contributed by atoms with Crippen LogP contribution < -0.4 is 11.3 Å². The van der Waals surface area contributed by atoms with Crippen LogP contribution in [-0.4, -0.2) is 30.0 Å². The molecule has 4 heteroatoms. The SMILES string of the molecule is CC(C)N=C(NN)N1CCC2(CCCCC2)CC1. The number of hydrogen-bond acceptors (Lipinski definition) is 2. The maximum Gasteiger partial charge on any atom is 0.208 e. The third-order valence-electron chi connectivity index (χ3n) is 4.55. The number of hydrazine groups is 1. The van der Waals surface area contributed by atoms with E-state index in [4.69, 9.17) is 5.84 Å². The average molecular weight is 252 g/mol. The molecule has 3 N–H and O–H groups in total. The van der Waals surface area contributed by atoms with Crippen LogP contribution in [-0.2, 0) is 0 Å². The Bertz CT molecular complexity index is 282. The van der Waals surface area contributed by atoms with E-state index < -0.39 is 0 Å². The lowest BCUT2D eigenvalue weighted by Crippen LogP contribution is -2.50. The predicted octanol–water partition coefficient (Wildman–Crippen LogP) is 2.26. The highest BCUT2D eigenvalue weighted by Gasteiger charge is 2.36. The minimum absolute atomic E-state index is 0.293. The Morgan fingerprint density at radius 2 is 1.72 bits per heavy atom. The maximum atomic E-state index is 5.60. The Hall–Kier alpha value is -0.770. The fraction of sp³-hybridized carbons (Fsp3) is 0.929. The second-order valence-electron chi connectivity index (χ2n) is 6.24. The average Bonchev–Trinajstić information content (AvgIpc) is 2.38. The molecule has 4 nitrogen and oxygen atoms in total. The van der Waals surface area contributed by atoms with Gasteiger partial charge < -0.3 is 4.90 Å². The minimum Gasteiger partial charge on any atom is -0.342 e. The molecule has 0 aromatic heterocycles. The van der Waals surface area contributed by atoms with Crippen molar-refractivity contribution in [1.82, 2.24) is 10.3 Å². The van der Waals surface area contributed by atoms with Gasteiger partial charge >= 0.3 is 0 Å². The molecule has 0 aromatic rings. The molecule has 1 aliphatic carbocycles. The summed E-state index contributed by atoms with van der Waals surface area (Å²) in [5.74, 6) is 6.47. The van der Waals surface area contributed by atoms with Crippen molar-refractivity contribution in [3.8, 4) is 0 Å². The van der Waals surface area contributed by atoms with Crippen molar-refractivity contribution in [2.24, 2.45) is 16.3 Å². The molecular weight excluding hydrogens is 224 g/mol. The number of nitrogens with two attached hydrogens (primary N) is 1. The first kappa shape index (κ1) is 13.7. The molecule has 1 spiro atoms. The van der Waals surface area contributed by atoms with Crippen LogP contribution >= 0.6 is 0 Å². The molecule has 2 fully saturated rings. The fourth-order valence-corrected chi connectivity index (χ4v) is 3.45. The molecule has 2 rings (SSSR count). The summed E-state index contributed by atoms with van der Waals surface area (Å²) >= 11 is 0. The smallest absolute Gasteiger partial charge is 0.208 e. The molecule has 1 saturated carbocycles. The topological polar surface area (TPSA) is 53.6 Å². The number of nitrogens with zero attached hydrogens (tertiary/aromatic N) is 2. The lowest BCUT2D eigenvalue weighted by atomic mass is 9.68. The quantitative estimate of drug-likeness (QED) is 0.326. The molecule has 0 amide bonds. The normalized spacial score (nSPS) is 24.7. The molecule has 1 heterocycles. The minimum atomic E-state index is 0.293. The maximum absolute atomic E-state index is 5.60. The van der Waals surface area contributed by atoms with Crippen LogP contribution in [0.1, 0.15) is 58.8 Å². The highest BCUT2D eigenvalue weighted by molar-refractivity contribution is 5.79. The lowest BCUT2D eigenvalue weighted by Gasteiger charge is -2.45. The van der Waals surface area contributed by atoms with E-state index in [0.717, 1.165) is 19.0 Å². The second kappa shape index (κ2) is 5.91. The van der Waals surface area contributed by atoms with E-state index in [9.17, 15) is 0 Å². The summed E-state index contributed by atoms with van der Waals surface area (Å²) in [4.78, 5) is 6.88. The summed E-state index contributed by atoms with van der Waals surface area (Å²) < 4.78 is 0. The fourth-order valence-electron chi connectivity index (χ4n) is 3.45. The summed E-state index contributed by atoms with van der Waals surface area (Å²) in [6.07, 6.45) is 9.80. The van der Waals surface area contributed by atoms with Gasteiger partial charge in [0.15, 0.2) is 0 Å². The molecule has 104 valence electrons. The molecule has 0 bridgehead atoms. The molecule has 0 aromatic carbocycles. The second-order valence-corrected chi connectivity index (χ2v) is 6.24. The Labute approximate surface area is 111 Å². The highest BCUT2D eigenvalue weighted by atomic mass is 15.4. The zero-order valence-corrected chi connectivity index (χ0v) is 11.9. The van der Waals surface area contributed by atoms with E-state index in [1.165, 1.54) is 44.9 Å². The van der Waals surface area contributed by atoms with Crippen molar-refractivity contribution in [1.29, 1.82) is 0 Å². The summed E-state index contributed by atoms with van der Waals surface area (Å²) in [7, 11) is 0. The molecule has 18 heavy (non-hydrogen) atoms. The Kier molecular flexibility index (Phi) is 4.49. The monoisotopic (exact) mass is 252 g/mol. The van der Waals surface area contributed by atoms with Crippen LogP contribution in [0.3, 0.4) is 0 Å². The van der Waals surface area contributed by atoms with Crippen LogP contribution in [0.5, 0.6) is 0 Å². The molecule has 0 radical (unpaired) electrons. The molecule has 0 unspecified atom stereocenters. The van der Waals surface area contributed by atoms with Crippen molar-refractivity contribution in [3.63, 3.8) is 0 Å². The number of guanidine groups is 1. The Morgan fingerprint density at radius 1 is 1.11 bits per heavy atom. The summed E-state index contributed by atoms with van der Waals surface area (Å²) in [6.45, 7) is 6.39. The van der Waals surface area contributed by atoms with Crippen molar-refractivity contribution in [2.75, 3.05) is 13.1 Å². The van der Waals surface area contributed by atoms with Gasteiger partial charge in [-0.2, -0.15) is 0 Å². The van der Waals surface area contributed by atoms with Gasteiger partial charge in [0.25, 0.3) is 0 Å². The number of rotatable bonds is 1. The third kappa shape index (κ3) is 3.16. The van der Waals surface area contributed by atoms with Crippen molar-refractivity contribution >= 4 is 5.96 Å². The Balaban J connectivity index is 1.92. The lowest BCUT2D eigenvalue weighted by molar-refractivity contribution is 0.0961. The summed E-state index contributed by atoms with van der Waals surface area (Å²) in [6, 6.07) is 0.293. The van der Waals surface area contributed by atoms with Gasteiger partial charge in [0, 0.05) is 19.1 Å². The van der Waals surface area contributed by atoms with Crippen molar-refractivity contribution in [3.05, 3.63) is 0 Å². The number of piperidine rings is 1. The van der Waals surface area contributed by atoms with Gasteiger partial charge in [0.05, 0.1) is 0 Å². The zero-order chi connectivity index (χ0) is 13.0. The molecule has 1 saturated heterocycles. The Morgan fingerprint density at radius 3 is 2.22 bits per heavy atom. The number of likely N-dealkylation sites (tertiary alicyclic amines) is 1. The van der Waals surface area contributed by atoms with Crippen LogP contribution in [0.4, 0.5) is 0 Å². The van der Waals surface area contributed by atoms with E-state index in [0.29, 0.717) is 11.5 Å². The molecule has 1 aliphatic heterocycles. The van der Waals surface area contributed by atoms with Gasteiger partial charge in [0.1, 0.15) is 0 Å². The molecular formula is C14H28N4. The van der Waals surface area contributed by atoms with Crippen LogP contribution in [0, 0.1) is 5.41 Å². The first-order valence-corrected chi connectivity index (χ1v) is 7.45. The van der Waals surface area contributed by atoms with Crippen molar-refractivity contribution < 1.29 is 0 Å². The van der Waals surface area contributed by atoms with Gasteiger partial charge in [0.2, 0.25) is 5.96 Å². The van der Waals surface area contributed by atoms with Crippen LogP contribution in [0.25, 0.3) is 0 Å². The van der Waals surface area contributed by atoms with Gasteiger partial charge in [-0.15, -0.1) is 0 Å². The van der Waals surface area contributed by atoms with Crippen LogP contribution in [0.2, 0.25) is 0 Å². The van der Waals surface area contributed by atoms with Gasteiger partial charge in [-0.3, -0.25) is 5.43 Å². The summed E-state index contributed by atoms with van der Waals surface area (Å²) in [5.41, 5.74) is 3.42. The zero-order valence-electron chi connectivity index (χ0n) is 11.9. The number of nitrogens with one attached hydrogen (secondary N) is 1. The molecule has 0 atom stereocenters. The molecule has 2 aliphatic rings. The predicted molar refractivity (Wildman–Crippen MR) is 76.2 cm³/mol. The van der Waals surface area contributed by atoms with Gasteiger partial charge in [-0.05, 0) is 44.9 Å². The first-order valence-electron chi connectivity index (χ1n) is 7.45. The standard InChI is InChI=1S/C14H28N4/c1-12(2)16-13(17-15)18-10-8-14(9-11-18)6-4-3-5-7-14/h12H,3-11,15H2,1-2H3,(H,16,17). The van der Waals surface area contributed by atoms with Crippen LogP contribution in [0.15, 0.2) is 4.99 Å². The third-order valence-corrected chi connectivity index (χ3v) is 4.55. The number of aliphatic imine (C=N–C) groups is 1. The van der Waals surface area contributed by atoms with E-state index in [1.807, 2.05) is 0 Å². The van der Waals surface area contributed by atoms with E-state index >= 15 is 0 Å². The highest BCUT2D eigenvalue weighted by Crippen LogP contribution is 2.44. The largest absolute Gasteiger partial charge is 0.342 e. The van der Waals surface area contributed by atoms with E-state index in [-0.39, 0.29) is 0 Å². The van der Waals surface area contributed by atoms with E-state index in [2.05, 4.69) is 29.2 Å². The first-order chi connectivity index (χ1) is 8.65. The summed E-state index contributed by atoms with van der Waals surface area (Å²) in [5, 5.41) is 0. The van der Waals surface area contributed by atoms with Crippen molar-refractivity contribution in [2.45, 2.75) is 64.8 Å². The number of hydrogen-bond donors (Lipinski definition) is 2. The van der Waals surface area contributed by atoms with Gasteiger partial charge in [-0.25, -0.2) is 10.8 Å². The van der Waals surface area contributed by atoms with E-state index in [1.54, 1.807) is 0 Å². The van der Waals surface area contributed by atoms with Gasteiger partial charge in [-0.1, -0.05) is 19.3 Å².